The monoisotopic (exact) mass is 364 g/mol. The molecule has 0 unspecified atom stereocenters. The topological polar surface area (TPSA) is 60.9 Å². The molecule has 0 spiro atoms. The number of benzene rings is 2. The van der Waals surface area contributed by atoms with Gasteiger partial charge in [0.15, 0.2) is 0 Å². The molecule has 1 aliphatic heterocycles. The van der Waals surface area contributed by atoms with Crippen molar-refractivity contribution in [3.8, 4) is 0 Å². The van der Waals surface area contributed by atoms with Crippen molar-refractivity contribution < 1.29 is 14.7 Å². The van der Waals surface area contributed by atoms with Crippen LogP contribution in [0.2, 0.25) is 0 Å². The van der Waals surface area contributed by atoms with Gasteiger partial charge in [0.05, 0.1) is 11.6 Å². The van der Waals surface area contributed by atoms with E-state index in [1.807, 2.05) is 55.4 Å². The summed E-state index contributed by atoms with van der Waals surface area (Å²) in [6, 6.07) is 17.7. The third-order valence-corrected chi connectivity index (χ3v) is 4.71. The minimum Gasteiger partial charge on any atom is -0.507 e. The molecular weight excluding hydrogens is 340 g/mol. The Morgan fingerprint density at radius 1 is 1.00 bits per heavy atom. The van der Waals surface area contributed by atoms with Gasteiger partial charge in [0.2, 0.25) is 0 Å². The summed E-state index contributed by atoms with van der Waals surface area (Å²) >= 11 is 0. The minimum atomic E-state index is -0.630. The molecular formula is C22H24N2O3. The van der Waals surface area contributed by atoms with Gasteiger partial charge in [0, 0.05) is 12.1 Å². The number of Topliss-reactive ketones (excluding diaryl/α,β-unsaturated/α-hetero) is 1. The van der Waals surface area contributed by atoms with Crippen molar-refractivity contribution in [3.63, 3.8) is 0 Å². The van der Waals surface area contributed by atoms with Crippen LogP contribution >= 0.6 is 0 Å². The lowest BCUT2D eigenvalue weighted by Gasteiger charge is -2.26. The number of carbonyl (C=O) groups excluding carboxylic acids is 2. The number of likely N-dealkylation sites (tertiary alicyclic amines) is 1. The summed E-state index contributed by atoms with van der Waals surface area (Å²) in [6.07, 6.45) is 0.745. The molecule has 2 aromatic carbocycles. The minimum absolute atomic E-state index is 0.127. The van der Waals surface area contributed by atoms with Gasteiger partial charge >= 0.3 is 0 Å². The van der Waals surface area contributed by atoms with Crippen molar-refractivity contribution in [1.82, 2.24) is 9.80 Å². The summed E-state index contributed by atoms with van der Waals surface area (Å²) in [5.74, 6) is -1.31. The van der Waals surface area contributed by atoms with E-state index in [2.05, 4.69) is 0 Å². The van der Waals surface area contributed by atoms with Crippen molar-refractivity contribution in [1.29, 1.82) is 0 Å². The number of carbonyl (C=O) groups is 2. The standard InChI is InChI=1S/C22H24N2O3/c1-23(2)14-9-15-24-19(16-10-5-3-6-11-16)18(21(26)22(24)27)20(25)17-12-7-4-8-13-17/h3-8,10-13,19,25H,9,14-15H2,1-2H3/t19-/m1/s1. The highest BCUT2D eigenvalue weighted by molar-refractivity contribution is 6.46. The van der Waals surface area contributed by atoms with Crippen LogP contribution in [0, 0.1) is 0 Å². The number of aliphatic hydroxyl groups excluding tert-OH is 1. The third kappa shape index (κ3) is 3.93. The lowest BCUT2D eigenvalue weighted by molar-refractivity contribution is -0.139. The average molecular weight is 364 g/mol. The fourth-order valence-electron chi connectivity index (χ4n) is 3.40. The van der Waals surface area contributed by atoms with E-state index in [4.69, 9.17) is 0 Å². The molecule has 1 aliphatic rings. The first-order valence-electron chi connectivity index (χ1n) is 9.04. The molecule has 140 valence electrons. The number of nitrogens with zero attached hydrogens (tertiary/aromatic N) is 2. The third-order valence-electron chi connectivity index (χ3n) is 4.71. The number of aliphatic hydroxyl groups is 1. The Kier molecular flexibility index (Phi) is 5.72. The van der Waals surface area contributed by atoms with E-state index < -0.39 is 17.7 Å². The molecule has 1 atom stereocenters. The average Bonchev–Trinajstić information content (AvgIpc) is 2.93. The zero-order chi connectivity index (χ0) is 19.4. The second-order valence-corrected chi connectivity index (χ2v) is 6.93. The van der Waals surface area contributed by atoms with Crippen molar-refractivity contribution >= 4 is 17.4 Å². The van der Waals surface area contributed by atoms with E-state index in [1.54, 1.807) is 29.2 Å². The summed E-state index contributed by atoms with van der Waals surface area (Å²) < 4.78 is 0. The number of hydrogen-bond donors (Lipinski definition) is 1. The Morgan fingerprint density at radius 2 is 1.59 bits per heavy atom. The van der Waals surface area contributed by atoms with Crippen LogP contribution in [-0.4, -0.2) is 53.8 Å². The second kappa shape index (κ2) is 8.18. The molecule has 3 rings (SSSR count). The first-order valence-corrected chi connectivity index (χ1v) is 9.04. The maximum atomic E-state index is 12.8. The molecule has 0 aromatic heterocycles. The molecule has 1 saturated heterocycles. The van der Waals surface area contributed by atoms with Gasteiger partial charge in [0.25, 0.3) is 11.7 Å². The Bertz CT molecular complexity index is 844. The Balaban J connectivity index is 2.05. The molecule has 0 bridgehead atoms. The highest BCUT2D eigenvalue weighted by Crippen LogP contribution is 2.39. The van der Waals surface area contributed by atoms with E-state index in [0.29, 0.717) is 12.1 Å². The number of rotatable bonds is 6. The normalized spacial score (nSPS) is 19.1. The number of hydrogen-bond acceptors (Lipinski definition) is 4. The van der Waals surface area contributed by atoms with Crippen LogP contribution in [0.1, 0.15) is 23.6 Å². The van der Waals surface area contributed by atoms with Gasteiger partial charge in [-0.1, -0.05) is 60.7 Å². The van der Waals surface area contributed by atoms with Gasteiger partial charge in [-0.15, -0.1) is 0 Å². The maximum absolute atomic E-state index is 12.8. The molecule has 0 radical (unpaired) electrons. The molecule has 0 saturated carbocycles. The van der Waals surface area contributed by atoms with Crippen molar-refractivity contribution in [2.24, 2.45) is 0 Å². The predicted octanol–water partition coefficient (Wildman–Crippen LogP) is 3.06. The van der Waals surface area contributed by atoms with E-state index in [1.165, 1.54) is 0 Å². The van der Waals surface area contributed by atoms with Gasteiger partial charge in [-0.3, -0.25) is 9.59 Å². The van der Waals surface area contributed by atoms with Crippen LogP contribution < -0.4 is 0 Å². The van der Waals surface area contributed by atoms with Crippen LogP contribution in [0.4, 0.5) is 0 Å². The molecule has 5 heteroatoms. The fraction of sp³-hybridized carbons (Fsp3) is 0.273. The van der Waals surface area contributed by atoms with Crippen LogP contribution in [0.25, 0.3) is 5.76 Å². The van der Waals surface area contributed by atoms with Crippen LogP contribution in [0.5, 0.6) is 0 Å². The number of amides is 1. The fourth-order valence-corrected chi connectivity index (χ4v) is 3.40. The van der Waals surface area contributed by atoms with Crippen molar-refractivity contribution in [2.45, 2.75) is 12.5 Å². The zero-order valence-corrected chi connectivity index (χ0v) is 15.6. The predicted molar refractivity (Wildman–Crippen MR) is 105 cm³/mol. The Morgan fingerprint density at radius 3 is 2.19 bits per heavy atom. The molecule has 1 heterocycles. The quantitative estimate of drug-likeness (QED) is 0.486. The van der Waals surface area contributed by atoms with E-state index in [0.717, 1.165) is 18.5 Å². The van der Waals surface area contributed by atoms with Crippen molar-refractivity contribution in [3.05, 3.63) is 77.4 Å². The first kappa shape index (κ1) is 18.9. The molecule has 1 N–H and O–H groups in total. The summed E-state index contributed by atoms with van der Waals surface area (Å²) in [7, 11) is 3.94. The molecule has 27 heavy (non-hydrogen) atoms. The lowest BCUT2D eigenvalue weighted by atomic mass is 9.95. The zero-order valence-electron chi connectivity index (χ0n) is 15.6. The van der Waals surface area contributed by atoms with Crippen LogP contribution in [0.3, 0.4) is 0 Å². The molecule has 1 fully saturated rings. The van der Waals surface area contributed by atoms with E-state index in [9.17, 15) is 14.7 Å². The highest BCUT2D eigenvalue weighted by Gasteiger charge is 2.45. The lowest BCUT2D eigenvalue weighted by Crippen LogP contribution is -2.32. The molecule has 2 aromatic rings. The van der Waals surface area contributed by atoms with Crippen LogP contribution in [-0.2, 0) is 9.59 Å². The van der Waals surface area contributed by atoms with Gasteiger partial charge in [-0.2, -0.15) is 0 Å². The largest absolute Gasteiger partial charge is 0.507 e. The highest BCUT2D eigenvalue weighted by atomic mass is 16.3. The molecule has 5 nitrogen and oxygen atoms in total. The first-order chi connectivity index (χ1) is 13.0. The Hall–Kier alpha value is -2.92. The smallest absolute Gasteiger partial charge is 0.295 e. The van der Waals surface area contributed by atoms with Gasteiger partial charge in [0.1, 0.15) is 5.76 Å². The maximum Gasteiger partial charge on any atom is 0.295 e. The molecule has 0 aliphatic carbocycles. The van der Waals surface area contributed by atoms with Crippen molar-refractivity contribution in [2.75, 3.05) is 27.2 Å². The summed E-state index contributed by atoms with van der Waals surface area (Å²) in [5, 5.41) is 10.8. The number of ketones is 1. The SMILES string of the molecule is CN(C)CCCN1C(=O)C(=O)C(=C(O)c2ccccc2)[C@H]1c1ccccc1. The van der Waals surface area contributed by atoms with Gasteiger partial charge in [-0.25, -0.2) is 0 Å². The summed E-state index contributed by atoms with van der Waals surface area (Å²) in [6.45, 7) is 1.26. The second-order valence-electron chi connectivity index (χ2n) is 6.93. The van der Waals surface area contributed by atoms with E-state index in [-0.39, 0.29) is 11.3 Å². The molecule has 1 amide bonds. The van der Waals surface area contributed by atoms with Gasteiger partial charge < -0.3 is 14.9 Å². The van der Waals surface area contributed by atoms with Gasteiger partial charge in [-0.05, 0) is 32.6 Å². The Labute approximate surface area is 159 Å². The summed E-state index contributed by atoms with van der Waals surface area (Å²) in [5.41, 5.74) is 1.51. The van der Waals surface area contributed by atoms with Crippen LogP contribution in [0.15, 0.2) is 66.2 Å². The van der Waals surface area contributed by atoms with E-state index >= 15 is 0 Å². The summed E-state index contributed by atoms with van der Waals surface area (Å²) in [4.78, 5) is 29.1.